The van der Waals surface area contributed by atoms with Gasteiger partial charge in [0.2, 0.25) is 0 Å². The number of fused-ring (bicyclic) bond motifs is 6. The van der Waals surface area contributed by atoms with Gasteiger partial charge in [-0.3, -0.25) is 15.0 Å². The predicted molar refractivity (Wildman–Crippen MR) is 98.8 cm³/mol. The van der Waals surface area contributed by atoms with Gasteiger partial charge in [0.05, 0.1) is 5.03 Å². The van der Waals surface area contributed by atoms with Crippen LogP contribution in [0.15, 0.2) is 34.1 Å². The molecule has 0 radical (unpaired) electrons. The second-order valence-corrected chi connectivity index (χ2v) is 9.48. The average molecular weight is 374 g/mol. The zero-order valence-corrected chi connectivity index (χ0v) is 15.2. The van der Waals surface area contributed by atoms with Gasteiger partial charge in [-0.15, -0.1) is 11.8 Å². The summed E-state index contributed by atoms with van der Waals surface area (Å²) < 4.78 is 0. The fourth-order valence-corrected chi connectivity index (χ4v) is 8.04. The number of thioether (sulfide) groups is 1. The molecule has 130 valence electrons. The van der Waals surface area contributed by atoms with Gasteiger partial charge >= 0.3 is 4.87 Å². The van der Waals surface area contributed by atoms with Crippen LogP contribution in [0.5, 0.6) is 0 Å². The van der Waals surface area contributed by atoms with E-state index in [0.717, 1.165) is 16.9 Å². The van der Waals surface area contributed by atoms with E-state index in [9.17, 15) is 9.59 Å². The van der Waals surface area contributed by atoms with E-state index in [2.05, 4.69) is 10.4 Å². The van der Waals surface area contributed by atoms with Crippen LogP contribution >= 0.6 is 23.1 Å². The molecule has 0 unspecified atom stereocenters. The lowest BCUT2D eigenvalue weighted by Crippen LogP contribution is -2.33. The van der Waals surface area contributed by atoms with Crippen LogP contribution in [-0.2, 0) is 0 Å². The Morgan fingerprint density at radius 2 is 1.96 bits per heavy atom. The molecule has 0 spiro atoms. The molecule has 2 fully saturated rings. The second kappa shape index (κ2) is 5.72. The topological polar surface area (TPSA) is 88.0 Å². The van der Waals surface area contributed by atoms with Crippen molar-refractivity contribution < 1.29 is 4.79 Å². The Balaban J connectivity index is 1.60. The number of hydrogen-bond acceptors (Lipinski definition) is 5. The highest BCUT2D eigenvalue weighted by Crippen LogP contribution is 2.63. The van der Waals surface area contributed by atoms with E-state index in [-0.39, 0.29) is 16.7 Å². The van der Waals surface area contributed by atoms with Crippen molar-refractivity contribution in [2.75, 3.05) is 0 Å². The summed E-state index contributed by atoms with van der Waals surface area (Å²) in [5.74, 6) is 7.33. The first kappa shape index (κ1) is 15.7. The summed E-state index contributed by atoms with van der Waals surface area (Å²) in [4.78, 5) is 28.0. The smallest absolute Gasteiger partial charge is 0.305 e. The summed E-state index contributed by atoms with van der Waals surface area (Å²) in [5.41, 5.74) is 3.93. The van der Waals surface area contributed by atoms with Crippen LogP contribution in [0.25, 0.3) is 0 Å². The maximum atomic E-state index is 12.0. The molecule has 1 aliphatic heterocycles. The Bertz CT molecular complexity index is 888. The molecule has 2 saturated carbocycles. The molecule has 1 amide bonds. The number of H-pyrrole nitrogens is 1. The molecule has 2 aromatic rings. The van der Waals surface area contributed by atoms with Crippen molar-refractivity contribution in [3.8, 4) is 0 Å². The van der Waals surface area contributed by atoms with Crippen molar-refractivity contribution in [3.63, 3.8) is 0 Å². The summed E-state index contributed by atoms with van der Waals surface area (Å²) in [5, 5.41) is 1.67. The first-order valence-corrected chi connectivity index (χ1v) is 10.4. The van der Waals surface area contributed by atoms with E-state index < -0.39 is 0 Å². The number of benzene rings is 1. The zero-order chi connectivity index (χ0) is 17.1. The van der Waals surface area contributed by atoms with Crippen molar-refractivity contribution in [2.24, 2.45) is 23.6 Å². The van der Waals surface area contributed by atoms with Crippen molar-refractivity contribution in [3.05, 3.63) is 49.9 Å². The quantitative estimate of drug-likeness (QED) is 0.429. The number of nitrogens with two attached hydrogens (primary N) is 1. The number of hydrazine groups is 1. The zero-order valence-electron chi connectivity index (χ0n) is 13.5. The largest absolute Gasteiger partial charge is 0.307 e. The van der Waals surface area contributed by atoms with Gasteiger partial charge in [0.15, 0.2) is 0 Å². The third kappa shape index (κ3) is 2.33. The Morgan fingerprint density at radius 1 is 1.20 bits per heavy atom. The van der Waals surface area contributed by atoms with Gasteiger partial charge in [-0.05, 0) is 54.7 Å². The summed E-state index contributed by atoms with van der Waals surface area (Å²) in [7, 11) is 0. The summed E-state index contributed by atoms with van der Waals surface area (Å²) >= 11 is 3.25. The number of nitrogens with one attached hydrogen (secondary N) is 2. The Hall–Kier alpha value is -1.57. The van der Waals surface area contributed by atoms with Crippen LogP contribution < -0.4 is 16.1 Å². The average Bonchev–Trinajstić information content (AvgIpc) is 3.33. The van der Waals surface area contributed by atoms with E-state index in [1.807, 2.05) is 36.0 Å². The number of aromatic nitrogens is 1. The normalized spacial score (nSPS) is 32.3. The number of hydrogen-bond donors (Lipinski definition) is 3. The SMILES string of the molecule is NNC(=O)c1ccc([C@H]2c3sc(=O)[nH]c3S[C@@H]3[C@@H]4CC[C@H](C4)[C@H]23)cc1. The molecule has 5 rings (SSSR count). The number of carbonyl (C=O) groups excluding carboxylic acids is 1. The molecule has 0 saturated heterocycles. The number of rotatable bonds is 2. The summed E-state index contributed by atoms with van der Waals surface area (Å²) in [6, 6.07) is 7.72. The lowest BCUT2D eigenvalue weighted by molar-refractivity contribution is 0.0953. The van der Waals surface area contributed by atoms with Crippen molar-refractivity contribution in [1.82, 2.24) is 10.4 Å². The van der Waals surface area contributed by atoms with Crippen LogP contribution in [0.2, 0.25) is 0 Å². The third-order valence-electron chi connectivity index (χ3n) is 6.13. The van der Waals surface area contributed by atoms with Gasteiger partial charge in [-0.1, -0.05) is 23.5 Å². The molecule has 3 aliphatic rings. The fourth-order valence-electron chi connectivity index (χ4n) is 5.15. The highest BCUT2D eigenvalue weighted by molar-refractivity contribution is 8.00. The molecule has 7 heteroatoms. The van der Waals surface area contributed by atoms with Gasteiger partial charge in [0, 0.05) is 21.6 Å². The molecule has 2 bridgehead atoms. The van der Waals surface area contributed by atoms with Gasteiger partial charge in [-0.25, -0.2) is 5.84 Å². The van der Waals surface area contributed by atoms with Crippen LogP contribution in [0.1, 0.15) is 46.0 Å². The monoisotopic (exact) mass is 373 g/mol. The fraction of sp³-hybridized carbons (Fsp3) is 0.444. The number of thiazole rings is 1. The van der Waals surface area contributed by atoms with Crippen LogP contribution in [-0.4, -0.2) is 16.1 Å². The predicted octanol–water partition coefficient (Wildman–Crippen LogP) is 2.69. The van der Waals surface area contributed by atoms with Gasteiger partial charge in [0.25, 0.3) is 5.91 Å². The minimum atomic E-state index is -0.282. The van der Waals surface area contributed by atoms with E-state index >= 15 is 0 Å². The number of amides is 1. The van der Waals surface area contributed by atoms with Gasteiger partial charge < -0.3 is 4.98 Å². The van der Waals surface area contributed by atoms with E-state index in [1.165, 1.54) is 41.0 Å². The minimum absolute atomic E-state index is 0.0361. The molecule has 2 aliphatic carbocycles. The first-order valence-electron chi connectivity index (χ1n) is 8.66. The highest BCUT2D eigenvalue weighted by atomic mass is 32.2. The van der Waals surface area contributed by atoms with Crippen molar-refractivity contribution in [1.29, 1.82) is 0 Å². The molecular formula is C18H19N3O2S2. The number of nitrogen functional groups attached to an aromatic ring is 1. The van der Waals surface area contributed by atoms with Crippen LogP contribution in [0.3, 0.4) is 0 Å². The van der Waals surface area contributed by atoms with Gasteiger partial charge in [-0.2, -0.15) is 0 Å². The maximum Gasteiger partial charge on any atom is 0.305 e. The molecule has 25 heavy (non-hydrogen) atoms. The summed E-state index contributed by atoms with van der Waals surface area (Å²) in [6.45, 7) is 0. The second-order valence-electron chi connectivity index (χ2n) is 7.27. The Morgan fingerprint density at radius 3 is 2.72 bits per heavy atom. The molecule has 1 aromatic heterocycles. The van der Waals surface area contributed by atoms with E-state index in [4.69, 9.17) is 5.84 Å². The Labute approximate surface area is 153 Å². The maximum absolute atomic E-state index is 12.0. The van der Waals surface area contributed by atoms with E-state index in [0.29, 0.717) is 16.7 Å². The molecule has 5 nitrogen and oxygen atoms in total. The highest BCUT2D eigenvalue weighted by Gasteiger charge is 2.54. The lowest BCUT2D eigenvalue weighted by Gasteiger charge is -2.40. The molecule has 2 heterocycles. The number of aromatic amines is 1. The first-order chi connectivity index (χ1) is 12.2. The molecular weight excluding hydrogens is 354 g/mol. The third-order valence-corrected chi connectivity index (χ3v) is 8.75. The lowest BCUT2D eigenvalue weighted by atomic mass is 9.75. The Kier molecular flexibility index (Phi) is 3.59. The standard InChI is InChI=1S/C18H19N3O2S2/c19-21-16(22)9-3-1-8(2-4-9)12-13-10-5-6-11(7-10)14(13)24-17-15(12)25-18(23)20-17/h1-4,10-14H,5-7,19H2,(H,20,23)(H,21,22)/t10-,11-,12-,13-,14-/m1/s1. The van der Waals surface area contributed by atoms with Crippen molar-refractivity contribution in [2.45, 2.75) is 35.5 Å². The van der Waals surface area contributed by atoms with Crippen LogP contribution in [0, 0.1) is 17.8 Å². The van der Waals surface area contributed by atoms with Crippen LogP contribution in [0.4, 0.5) is 0 Å². The molecule has 4 N–H and O–H groups in total. The number of carbonyl (C=O) groups is 1. The molecule has 1 aromatic carbocycles. The van der Waals surface area contributed by atoms with Gasteiger partial charge in [0.1, 0.15) is 0 Å². The van der Waals surface area contributed by atoms with E-state index in [1.54, 1.807) is 0 Å². The molecule has 5 atom stereocenters. The summed E-state index contributed by atoms with van der Waals surface area (Å²) in [6.07, 6.45) is 3.96. The van der Waals surface area contributed by atoms with Crippen molar-refractivity contribution >= 4 is 29.0 Å². The minimum Gasteiger partial charge on any atom is -0.307 e.